The predicted molar refractivity (Wildman–Crippen MR) is 87.9 cm³/mol. The van der Waals surface area contributed by atoms with Gasteiger partial charge in [-0.15, -0.1) is 11.3 Å². The number of nitrogens with zero attached hydrogens (tertiary/aromatic N) is 1. The van der Waals surface area contributed by atoms with Crippen LogP contribution in [0.25, 0.3) is 0 Å². The number of aryl methyl sites for hydroxylation is 1. The van der Waals surface area contributed by atoms with Crippen LogP contribution in [-0.2, 0) is 18.3 Å². The Kier molecular flexibility index (Phi) is 3.56. The lowest BCUT2D eigenvalue weighted by molar-refractivity contribution is 0.334. The Balaban J connectivity index is 1.68. The molecule has 1 aromatic carbocycles. The molecule has 4 rings (SSSR count). The van der Waals surface area contributed by atoms with E-state index in [0.29, 0.717) is 0 Å². The molecule has 0 bridgehead atoms. The number of benzene rings is 1. The molecule has 2 aliphatic carbocycles. The molecule has 2 aliphatic rings. The summed E-state index contributed by atoms with van der Waals surface area (Å²) in [6, 6.07) is 9.84. The number of aromatic nitrogens is 1. The lowest BCUT2D eigenvalue weighted by Gasteiger charge is -2.39. The SMILES string of the molecule is c1ccc2c(c1)CCCC2(CNC1CC1)Cc1nccs1. The van der Waals surface area contributed by atoms with Crippen molar-refractivity contribution in [2.45, 2.75) is 50.0 Å². The maximum atomic E-state index is 4.56. The van der Waals surface area contributed by atoms with Crippen LogP contribution in [0.2, 0.25) is 0 Å². The zero-order valence-electron chi connectivity index (χ0n) is 12.3. The molecule has 1 N–H and O–H groups in total. The van der Waals surface area contributed by atoms with Gasteiger partial charge in [-0.25, -0.2) is 4.98 Å². The summed E-state index contributed by atoms with van der Waals surface area (Å²) in [6.07, 6.45) is 9.55. The third-order valence-electron chi connectivity index (χ3n) is 4.97. The Morgan fingerprint density at radius 3 is 3.00 bits per heavy atom. The lowest BCUT2D eigenvalue weighted by atomic mass is 9.68. The summed E-state index contributed by atoms with van der Waals surface area (Å²) in [5, 5.41) is 7.18. The van der Waals surface area contributed by atoms with Crippen molar-refractivity contribution < 1.29 is 0 Å². The van der Waals surface area contributed by atoms with E-state index < -0.39 is 0 Å². The summed E-state index contributed by atoms with van der Waals surface area (Å²) < 4.78 is 0. The molecule has 2 aromatic rings. The predicted octanol–water partition coefficient (Wildman–Crippen LogP) is 3.71. The van der Waals surface area contributed by atoms with Gasteiger partial charge in [0.2, 0.25) is 0 Å². The molecule has 110 valence electrons. The highest BCUT2D eigenvalue weighted by atomic mass is 32.1. The molecule has 1 atom stereocenters. The average molecular weight is 298 g/mol. The molecular weight excluding hydrogens is 276 g/mol. The first-order valence-electron chi connectivity index (χ1n) is 8.06. The van der Waals surface area contributed by atoms with Crippen LogP contribution in [0.15, 0.2) is 35.8 Å². The minimum absolute atomic E-state index is 0.245. The number of fused-ring (bicyclic) bond motifs is 1. The Morgan fingerprint density at radius 2 is 2.19 bits per heavy atom. The summed E-state index contributed by atoms with van der Waals surface area (Å²) in [6.45, 7) is 1.11. The lowest BCUT2D eigenvalue weighted by Crippen LogP contribution is -2.43. The van der Waals surface area contributed by atoms with Gasteiger partial charge >= 0.3 is 0 Å². The van der Waals surface area contributed by atoms with Gasteiger partial charge in [0, 0.05) is 36.0 Å². The quantitative estimate of drug-likeness (QED) is 0.910. The van der Waals surface area contributed by atoms with E-state index >= 15 is 0 Å². The second-order valence-electron chi connectivity index (χ2n) is 6.55. The van der Waals surface area contributed by atoms with Crippen LogP contribution in [0.3, 0.4) is 0 Å². The van der Waals surface area contributed by atoms with Crippen LogP contribution >= 0.6 is 11.3 Å². The maximum Gasteiger partial charge on any atom is 0.0934 e. The van der Waals surface area contributed by atoms with Crippen molar-refractivity contribution >= 4 is 11.3 Å². The fourth-order valence-corrected chi connectivity index (χ4v) is 4.45. The van der Waals surface area contributed by atoms with E-state index in [1.807, 2.05) is 6.20 Å². The molecular formula is C18H22N2S. The summed E-state index contributed by atoms with van der Waals surface area (Å²) in [5.41, 5.74) is 3.37. The van der Waals surface area contributed by atoms with Crippen molar-refractivity contribution in [2.24, 2.45) is 0 Å². The summed E-state index contributed by atoms with van der Waals surface area (Å²) in [5.74, 6) is 0. The van der Waals surface area contributed by atoms with E-state index in [1.54, 1.807) is 22.5 Å². The van der Waals surface area contributed by atoms with Gasteiger partial charge in [0.25, 0.3) is 0 Å². The van der Waals surface area contributed by atoms with Crippen molar-refractivity contribution in [1.29, 1.82) is 0 Å². The molecule has 0 saturated heterocycles. The van der Waals surface area contributed by atoms with Crippen molar-refractivity contribution in [3.63, 3.8) is 0 Å². The summed E-state index contributed by atoms with van der Waals surface area (Å²) in [4.78, 5) is 4.56. The van der Waals surface area contributed by atoms with Crippen molar-refractivity contribution in [1.82, 2.24) is 10.3 Å². The van der Waals surface area contributed by atoms with Crippen molar-refractivity contribution in [3.05, 3.63) is 52.0 Å². The third-order valence-corrected chi connectivity index (χ3v) is 5.75. The first kappa shape index (κ1) is 13.5. The number of nitrogens with one attached hydrogen (secondary N) is 1. The molecule has 0 spiro atoms. The van der Waals surface area contributed by atoms with Crippen molar-refractivity contribution in [3.8, 4) is 0 Å². The molecule has 1 saturated carbocycles. The van der Waals surface area contributed by atoms with Crippen LogP contribution < -0.4 is 5.32 Å². The molecule has 0 amide bonds. The number of rotatable bonds is 5. The molecule has 1 heterocycles. The van der Waals surface area contributed by atoms with Gasteiger partial charge in [-0.3, -0.25) is 0 Å². The van der Waals surface area contributed by atoms with Gasteiger partial charge in [0.15, 0.2) is 0 Å². The van der Waals surface area contributed by atoms with E-state index in [9.17, 15) is 0 Å². The van der Waals surface area contributed by atoms with Crippen LogP contribution in [-0.4, -0.2) is 17.6 Å². The van der Waals surface area contributed by atoms with E-state index in [0.717, 1.165) is 19.0 Å². The average Bonchev–Trinajstić information content (AvgIpc) is 3.22. The van der Waals surface area contributed by atoms with Gasteiger partial charge in [-0.1, -0.05) is 24.3 Å². The molecule has 1 unspecified atom stereocenters. The highest BCUT2D eigenvalue weighted by Crippen LogP contribution is 2.40. The minimum Gasteiger partial charge on any atom is -0.313 e. The van der Waals surface area contributed by atoms with Crippen LogP contribution in [0.4, 0.5) is 0 Å². The van der Waals surface area contributed by atoms with Crippen LogP contribution in [0, 0.1) is 0 Å². The fraction of sp³-hybridized carbons (Fsp3) is 0.500. The van der Waals surface area contributed by atoms with E-state index in [1.165, 1.54) is 37.1 Å². The highest BCUT2D eigenvalue weighted by Gasteiger charge is 2.38. The molecule has 21 heavy (non-hydrogen) atoms. The van der Waals surface area contributed by atoms with Gasteiger partial charge in [-0.2, -0.15) is 0 Å². The first-order valence-corrected chi connectivity index (χ1v) is 8.94. The fourth-order valence-electron chi connectivity index (χ4n) is 3.69. The smallest absolute Gasteiger partial charge is 0.0934 e. The van der Waals surface area contributed by atoms with Crippen LogP contribution in [0.5, 0.6) is 0 Å². The maximum absolute atomic E-state index is 4.56. The van der Waals surface area contributed by atoms with Gasteiger partial charge in [0.05, 0.1) is 5.01 Å². The Morgan fingerprint density at radius 1 is 1.29 bits per heavy atom. The molecule has 3 heteroatoms. The molecule has 1 aromatic heterocycles. The molecule has 1 fully saturated rings. The minimum atomic E-state index is 0.245. The topological polar surface area (TPSA) is 24.9 Å². The van der Waals surface area contributed by atoms with E-state index in [-0.39, 0.29) is 5.41 Å². The largest absolute Gasteiger partial charge is 0.313 e. The third kappa shape index (κ3) is 2.77. The standard InChI is InChI=1S/C18H22N2S/c1-2-6-16-14(4-1)5-3-9-18(16,13-20-15-7-8-15)12-17-19-10-11-21-17/h1-2,4,6,10-11,15,20H,3,5,7-9,12-13H2. The monoisotopic (exact) mass is 298 g/mol. The first-order chi connectivity index (χ1) is 10.4. The van der Waals surface area contributed by atoms with Gasteiger partial charge < -0.3 is 5.32 Å². The number of hydrogen-bond acceptors (Lipinski definition) is 3. The summed E-state index contributed by atoms with van der Waals surface area (Å²) >= 11 is 1.80. The molecule has 2 nitrogen and oxygen atoms in total. The Bertz CT molecular complexity index is 603. The van der Waals surface area contributed by atoms with E-state index in [2.05, 4.69) is 39.9 Å². The van der Waals surface area contributed by atoms with Gasteiger partial charge in [-0.05, 0) is 43.2 Å². The molecule has 0 radical (unpaired) electrons. The molecule has 0 aliphatic heterocycles. The number of thiazole rings is 1. The zero-order valence-corrected chi connectivity index (χ0v) is 13.2. The van der Waals surface area contributed by atoms with Crippen molar-refractivity contribution in [2.75, 3.05) is 6.54 Å². The number of hydrogen-bond donors (Lipinski definition) is 1. The zero-order chi connectivity index (χ0) is 14.1. The second-order valence-corrected chi connectivity index (χ2v) is 7.53. The van der Waals surface area contributed by atoms with E-state index in [4.69, 9.17) is 0 Å². The normalized spacial score (nSPS) is 24.8. The Labute approximate surface area is 130 Å². The van der Waals surface area contributed by atoms with Gasteiger partial charge in [0.1, 0.15) is 0 Å². The Hall–Kier alpha value is -1.19. The van der Waals surface area contributed by atoms with Crippen LogP contribution in [0.1, 0.15) is 41.8 Å². The summed E-state index contributed by atoms with van der Waals surface area (Å²) in [7, 11) is 0. The second kappa shape index (κ2) is 5.54. The highest BCUT2D eigenvalue weighted by molar-refractivity contribution is 7.09.